The Morgan fingerprint density at radius 2 is 2.41 bits per heavy atom. The third kappa shape index (κ3) is 1.27. The summed E-state index contributed by atoms with van der Waals surface area (Å²) in [4.78, 5) is 14.7. The van der Waals surface area contributed by atoms with Crippen molar-refractivity contribution in [2.75, 3.05) is 20.7 Å². The topological polar surface area (TPSA) is 38.8 Å². The second kappa shape index (κ2) is 4.05. The van der Waals surface area contributed by atoms with Crippen molar-refractivity contribution in [2.45, 2.75) is 43.1 Å². The van der Waals surface area contributed by atoms with Crippen LogP contribution in [-0.4, -0.2) is 43.5 Å². The molecule has 1 saturated carbocycles. The van der Waals surface area contributed by atoms with Crippen molar-refractivity contribution in [3.05, 3.63) is 23.3 Å². The molecule has 1 aromatic carbocycles. The lowest BCUT2D eigenvalue weighted by atomic mass is 9.52. The molecule has 4 heteroatoms. The molecule has 1 spiro atoms. The average Bonchev–Trinajstić information content (AvgIpc) is 2.95. The zero-order chi connectivity index (χ0) is 19.6. The van der Waals surface area contributed by atoms with Crippen LogP contribution in [0.5, 0.6) is 11.5 Å². The lowest BCUT2D eigenvalue weighted by Gasteiger charge is -2.57. The number of piperidine rings is 1. The predicted octanol–water partition coefficient (Wildman–Crippen LogP) is 1.93. The van der Waals surface area contributed by atoms with Gasteiger partial charge in [0.2, 0.25) is 0 Å². The maximum absolute atomic E-state index is 13.0. The van der Waals surface area contributed by atoms with Gasteiger partial charge in [-0.3, -0.25) is 4.79 Å². The second-order valence-electron chi connectivity index (χ2n) is 6.54. The Balaban J connectivity index is 1.92. The number of carbonyl (C=O) groups excluding carboxylic acids is 1. The van der Waals surface area contributed by atoms with E-state index in [2.05, 4.69) is 0 Å². The minimum atomic E-state index is -2.16. The largest absolute Gasteiger partial charge is 0.493 e. The van der Waals surface area contributed by atoms with E-state index in [1.54, 1.807) is 24.1 Å². The van der Waals surface area contributed by atoms with Crippen LogP contribution < -0.4 is 9.47 Å². The molecule has 2 aliphatic heterocycles. The van der Waals surface area contributed by atoms with E-state index in [-0.39, 0.29) is 6.42 Å². The molecular weight excluding hydrogens is 278 g/mol. The van der Waals surface area contributed by atoms with Gasteiger partial charge in [0, 0.05) is 30.2 Å². The summed E-state index contributed by atoms with van der Waals surface area (Å²) in [7, 11) is 3.20. The molecule has 22 heavy (non-hydrogen) atoms. The van der Waals surface area contributed by atoms with Gasteiger partial charge in [0.05, 0.1) is 7.11 Å². The van der Waals surface area contributed by atoms with Crippen LogP contribution in [0.2, 0.25) is 0 Å². The van der Waals surface area contributed by atoms with E-state index in [1.807, 2.05) is 0 Å². The van der Waals surface area contributed by atoms with E-state index in [0.29, 0.717) is 35.6 Å². The highest BCUT2D eigenvalue weighted by Crippen LogP contribution is 2.62. The number of carbonyl (C=O) groups is 1. The first-order valence-corrected chi connectivity index (χ1v) is 7.67. The van der Waals surface area contributed by atoms with E-state index in [1.165, 1.54) is 7.11 Å². The Hall–Kier alpha value is -1.55. The first-order valence-electron chi connectivity index (χ1n) is 10.2. The van der Waals surface area contributed by atoms with E-state index < -0.39 is 42.0 Å². The van der Waals surface area contributed by atoms with Crippen molar-refractivity contribution in [1.29, 1.82) is 0 Å². The number of methoxy groups -OCH3 is 1. The first kappa shape index (κ1) is 8.92. The minimum absolute atomic E-state index is 0.185. The number of likely N-dealkylation sites (N-methyl/N-ethyl adjacent to an activating group) is 1. The lowest BCUT2D eigenvalue weighted by molar-refractivity contribution is -0.138. The number of ketones is 1. The van der Waals surface area contributed by atoms with Crippen LogP contribution >= 0.6 is 0 Å². The normalized spacial score (nSPS) is 49.7. The van der Waals surface area contributed by atoms with Crippen LogP contribution in [0.15, 0.2) is 12.1 Å². The second-order valence-corrected chi connectivity index (χ2v) is 6.54. The summed E-state index contributed by atoms with van der Waals surface area (Å²) >= 11 is 0. The zero-order valence-corrected chi connectivity index (χ0v) is 12.6. The number of Topliss-reactive ketones (excluding diaryl/α,β-unsaturated/α-hetero) is 1. The highest BCUT2D eigenvalue weighted by Gasteiger charge is 2.65. The highest BCUT2D eigenvalue weighted by molar-refractivity contribution is 5.89. The third-order valence-corrected chi connectivity index (χ3v) is 5.72. The summed E-state index contributed by atoms with van der Waals surface area (Å²) in [5.41, 5.74) is 0.0809. The number of hydrogen-bond acceptors (Lipinski definition) is 4. The van der Waals surface area contributed by atoms with Crippen LogP contribution in [0.1, 0.15) is 37.2 Å². The number of benzene rings is 1. The Morgan fingerprint density at radius 3 is 3.23 bits per heavy atom. The van der Waals surface area contributed by atoms with Gasteiger partial charge in [-0.1, -0.05) is 6.07 Å². The molecule has 0 N–H and O–H groups in total. The molecule has 0 radical (unpaired) electrons. The van der Waals surface area contributed by atoms with Gasteiger partial charge in [0.1, 0.15) is 0 Å². The van der Waals surface area contributed by atoms with Crippen LogP contribution in [-0.2, 0) is 16.6 Å². The van der Waals surface area contributed by atoms with Crippen molar-refractivity contribution in [1.82, 2.24) is 4.90 Å². The summed E-state index contributed by atoms with van der Waals surface area (Å²) in [6.45, 7) is 0.436. The number of likely N-dealkylation sites (tertiary alicyclic amines) is 1. The van der Waals surface area contributed by atoms with Crippen LogP contribution in [0.3, 0.4) is 0 Å². The molecule has 4 atom stereocenters. The van der Waals surface area contributed by atoms with E-state index in [4.69, 9.17) is 15.0 Å². The van der Waals surface area contributed by atoms with Crippen molar-refractivity contribution in [2.24, 2.45) is 5.92 Å². The number of ether oxygens (including phenoxy) is 2. The minimum Gasteiger partial charge on any atom is -0.493 e. The Labute approximate surface area is 137 Å². The molecule has 116 valence electrons. The van der Waals surface area contributed by atoms with E-state index in [0.717, 1.165) is 0 Å². The van der Waals surface area contributed by atoms with Gasteiger partial charge in [-0.2, -0.15) is 0 Å². The van der Waals surface area contributed by atoms with Crippen LogP contribution in [0, 0.1) is 5.92 Å². The van der Waals surface area contributed by atoms with Gasteiger partial charge < -0.3 is 14.4 Å². The fourth-order valence-electron chi connectivity index (χ4n) is 4.71. The van der Waals surface area contributed by atoms with Crippen molar-refractivity contribution in [3.8, 4) is 11.5 Å². The molecule has 0 amide bonds. The molecule has 2 fully saturated rings. The molecule has 2 heterocycles. The number of nitrogens with zero attached hydrogens (tertiary/aromatic N) is 1. The Kier molecular flexibility index (Phi) is 1.64. The van der Waals surface area contributed by atoms with Crippen LogP contribution in [0.25, 0.3) is 0 Å². The maximum Gasteiger partial charge on any atom is 0.174 e. The number of hydrogen-bond donors (Lipinski definition) is 0. The molecule has 2 bridgehead atoms. The first-order chi connectivity index (χ1) is 12.5. The Bertz CT molecular complexity index is 890. The molecule has 1 aromatic rings. The van der Waals surface area contributed by atoms with Crippen molar-refractivity contribution >= 4 is 5.78 Å². The monoisotopic (exact) mass is 304 g/mol. The van der Waals surface area contributed by atoms with Gasteiger partial charge in [-0.15, -0.1) is 0 Å². The third-order valence-electron chi connectivity index (χ3n) is 5.72. The summed E-state index contributed by atoms with van der Waals surface area (Å²) in [6, 6.07) is 1.56. The highest BCUT2D eigenvalue weighted by atomic mass is 16.5. The summed E-state index contributed by atoms with van der Waals surface area (Å²) in [5, 5.41) is 0. The van der Waals surface area contributed by atoms with Gasteiger partial charge in [-0.25, -0.2) is 0 Å². The fraction of sp³-hybridized carbons (Fsp3) is 0.611. The SMILES string of the molecule is [2H]C1([2H])C[C@@H]2[C@@]34CCN(C)[C@]2([2H])C([2H])([2H])c2ccc(OC)c(c23)OC4C1=O. The molecule has 4 aliphatic rings. The number of rotatable bonds is 1. The quantitative estimate of drug-likeness (QED) is 0.795. The molecule has 0 aromatic heterocycles. The average molecular weight is 304 g/mol. The van der Waals surface area contributed by atoms with Gasteiger partial charge in [-0.05, 0) is 50.4 Å². The molecule has 2 aliphatic carbocycles. The zero-order valence-electron chi connectivity index (χ0n) is 17.6. The molecule has 1 unspecified atom stereocenters. The molecule has 4 nitrogen and oxygen atoms in total. The van der Waals surface area contributed by atoms with Crippen molar-refractivity contribution < 1.29 is 21.1 Å². The fourth-order valence-corrected chi connectivity index (χ4v) is 4.71. The molecule has 1 saturated heterocycles. The van der Waals surface area contributed by atoms with Gasteiger partial charge >= 0.3 is 0 Å². The summed E-state index contributed by atoms with van der Waals surface area (Å²) in [5.74, 6) is -0.571. The predicted molar refractivity (Wildman–Crippen MR) is 81.6 cm³/mol. The standard InChI is InChI=1S/C18H21NO3/c1-19-8-7-18-11-4-5-13(20)17(18)22-16-14(21-2)6-3-10(15(16)18)9-12(11)19/h3,6,11-12,17H,4-5,7-9H2,1-2H3/t11-,12+,17?,18-/m0/s1/i5D2,9D2,12D. The Morgan fingerprint density at radius 1 is 1.55 bits per heavy atom. The van der Waals surface area contributed by atoms with Crippen molar-refractivity contribution in [3.63, 3.8) is 0 Å². The van der Waals surface area contributed by atoms with Gasteiger partial charge in [0.25, 0.3) is 0 Å². The smallest absolute Gasteiger partial charge is 0.174 e. The molecular formula is C18H21NO3. The molecule has 5 rings (SSSR count). The summed E-state index contributed by atoms with van der Waals surface area (Å²) in [6.07, 6.45) is -4.93. The van der Waals surface area contributed by atoms with E-state index in [9.17, 15) is 6.17 Å². The van der Waals surface area contributed by atoms with Gasteiger partial charge in [0.15, 0.2) is 23.4 Å². The summed E-state index contributed by atoms with van der Waals surface area (Å²) < 4.78 is 55.0. The van der Waals surface area contributed by atoms with E-state index >= 15 is 0 Å². The lowest BCUT2D eigenvalue weighted by Crippen LogP contribution is -2.65. The maximum atomic E-state index is 13.0. The van der Waals surface area contributed by atoms with Crippen LogP contribution in [0.4, 0.5) is 0 Å².